The molecule has 5 heteroatoms. The minimum atomic E-state index is 0. The van der Waals surface area contributed by atoms with E-state index in [0.717, 1.165) is 29.7 Å². The number of aromatic nitrogens is 2. The second-order valence-electron chi connectivity index (χ2n) is 5.35. The highest BCUT2D eigenvalue weighted by Crippen LogP contribution is 2.35. The van der Waals surface area contributed by atoms with Crippen LogP contribution < -0.4 is 17.3 Å². The van der Waals surface area contributed by atoms with Crippen molar-refractivity contribution < 1.29 is 12.4 Å². The van der Waals surface area contributed by atoms with Gasteiger partial charge >= 0.3 is 0 Å². The van der Waals surface area contributed by atoms with Crippen LogP contribution in [0.5, 0.6) is 0 Å². The monoisotopic (exact) mass is 296 g/mol. The number of hydrogen-bond donors (Lipinski definition) is 0. The fourth-order valence-corrected chi connectivity index (χ4v) is 3.78. The van der Waals surface area contributed by atoms with E-state index in [1.165, 1.54) is 28.7 Å². The number of anilines is 1. The highest BCUT2D eigenvalue weighted by molar-refractivity contribution is 7.18. The molecule has 0 radical (unpaired) electrons. The predicted octanol–water partition coefficient (Wildman–Crippen LogP) is 0.548. The van der Waals surface area contributed by atoms with Crippen molar-refractivity contribution in [3.63, 3.8) is 0 Å². The number of thiophene rings is 1. The van der Waals surface area contributed by atoms with E-state index in [4.69, 9.17) is 0 Å². The zero-order valence-corrected chi connectivity index (χ0v) is 13.2. The molecular formula is C14H19ClN3S-. The van der Waals surface area contributed by atoms with Crippen molar-refractivity contribution in [3.05, 3.63) is 16.8 Å². The number of halogens is 1. The highest BCUT2D eigenvalue weighted by atomic mass is 35.5. The lowest BCUT2D eigenvalue weighted by Crippen LogP contribution is -3.00. The van der Waals surface area contributed by atoms with Gasteiger partial charge in [-0.1, -0.05) is 6.92 Å². The van der Waals surface area contributed by atoms with Gasteiger partial charge in [0.1, 0.15) is 17.0 Å². The Kier molecular flexibility index (Phi) is 4.31. The molecular weight excluding hydrogens is 278 g/mol. The SMILES string of the molecule is Cc1sc2ncnc(N3CCCC(C)C3)c2c1C.[Cl-]. The molecule has 0 N–H and O–H groups in total. The van der Waals surface area contributed by atoms with Crippen LogP contribution in [-0.4, -0.2) is 23.1 Å². The molecule has 3 nitrogen and oxygen atoms in total. The Hall–Kier alpha value is -0.870. The second kappa shape index (κ2) is 5.63. The Morgan fingerprint density at radius 3 is 2.84 bits per heavy atom. The first-order chi connectivity index (χ1) is 8.66. The van der Waals surface area contributed by atoms with Gasteiger partial charge in [-0.15, -0.1) is 11.3 Å². The third-order valence-electron chi connectivity index (χ3n) is 3.90. The largest absolute Gasteiger partial charge is 1.00 e. The van der Waals surface area contributed by atoms with E-state index in [9.17, 15) is 0 Å². The Morgan fingerprint density at radius 1 is 1.32 bits per heavy atom. The number of rotatable bonds is 1. The fraction of sp³-hybridized carbons (Fsp3) is 0.571. The molecule has 1 unspecified atom stereocenters. The summed E-state index contributed by atoms with van der Waals surface area (Å²) in [5.41, 5.74) is 1.35. The topological polar surface area (TPSA) is 29.0 Å². The fourth-order valence-electron chi connectivity index (χ4n) is 2.79. The van der Waals surface area contributed by atoms with Gasteiger partial charge in [0.2, 0.25) is 0 Å². The predicted molar refractivity (Wildman–Crippen MR) is 77.5 cm³/mol. The molecule has 0 aromatic carbocycles. The van der Waals surface area contributed by atoms with Crippen molar-refractivity contribution in [2.75, 3.05) is 18.0 Å². The third-order valence-corrected chi connectivity index (χ3v) is 5.02. The van der Waals surface area contributed by atoms with Crippen LogP contribution in [0, 0.1) is 19.8 Å². The first kappa shape index (κ1) is 14.5. The molecule has 3 heterocycles. The van der Waals surface area contributed by atoms with E-state index in [0.29, 0.717) is 0 Å². The summed E-state index contributed by atoms with van der Waals surface area (Å²) in [6.07, 6.45) is 4.33. The molecule has 1 aliphatic heterocycles. The quantitative estimate of drug-likeness (QED) is 0.770. The lowest BCUT2D eigenvalue weighted by atomic mass is 10.00. The van der Waals surface area contributed by atoms with E-state index in [1.54, 1.807) is 17.7 Å². The molecule has 2 aromatic heterocycles. The molecule has 2 aromatic rings. The first-order valence-corrected chi connectivity index (χ1v) is 7.44. The van der Waals surface area contributed by atoms with E-state index < -0.39 is 0 Å². The molecule has 0 spiro atoms. The summed E-state index contributed by atoms with van der Waals surface area (Å²) in [6, 6.07) is 0. The molecule has 104 valence electrons. The molecule has 1 aliphatic rings. The first-order valence-electron chi connectivity index (χ1n) is 6.62. The van der Waals surface area contributed by atoms with Crippen LogP contribution in [-0.2, 0) is 0 Å². The molecule has 0 bridgehead atoms. The van der Waals surface area contributed by atoms with Crippen molar-refractivity contribution >= 4 is 27.4 Å². The number of piperidine rings is 1. The standard InChI is InChI=1S/C14H19N3S.ClH/c1-9-5-4-6-17(7-9)13-12-10(2)11(3)18-14(12)16-8-15-13;/h8-9H,4-7H2,1-3H3;1H/p-1. The molecule has 1 saturated heterocycles. The summed E-state index contributed by atoms with van der Waals surface area (Å²) in [7, 11) is 0. The molecule has 0 saturated carbocycles. The summed E-state index contributed by atoms with van der Waals surface area (Å²) in [6.45, 7) is 8.94. The van der Waals surface area contributed by atoms with Crippen LogP contribution in [0.2, 0.25) is 0 Å². The maximum Gasteiger partial charge on any atom is 0.141 e. The van der Waals surface area contributed by atoms with Crippen LogP contribution in [0.3, 0.4) is 0 Å². The van der Waals surface area contributed by atoms with Gasteiger partial charge in [-0.2, -0.15) is 0 Å². The summed E-state index contributed by atoms with van der Waals surface area (Å²) >= 11 is 1.78. The Balaban J connectivity index is 0.00000133. The zero-order valence-electron chi connectivity index (χ0n) is 11.6. The molecule has 19 heavy (non-hydrogen) atoms. The van der Waals surface area contributed by atoms with E-state index >= 15 is 0 Å². The van der Waals surface area contributed by atoms with Crippen molar-refractivity contribution in [2.24, 2.45) is 5.92 Å². The Bertz CT molecular complexity index is 581. The van der Waals surface area contributed by atoms with Crippen LogP contribution >= 0.6 is 11.3 Å². The van der Waals surface area contributed by atoms with E-state index in [-0.39, 0.29) is 12.4 Å². The van der Waals surface area contributed by atoms with Crippen LogP contribution in [0.15, 0.2) is 6.33 Å². The van der Waals surface area contributed by atoms with Crippen LogP contribution in [0.25, 0.3) is 10.2 Å². The Labute approximate surface area is 124 Å². The van der Waals surface area contributed by atoms with Gasteiger partial charge in [-0.05, 0) is 38.2 Å². The van der Waals surface area contributed by atoms with Gasteiger partial charge in [0.25, 0.3) is 0 Å². The number of fused-ring (bicyclic) bond motifs is 1. The van der Waals surface area contributed by atoms with Gasteiger partial charge in [0.05, 0.1) is 5.39 Å². The summed E-state index contributed by atoms with van der Waals surface area (Å²) in [5, 5.41) is 1.27. The maximum atomic E-state index is 4.56. The van der Waals surface area contributed by atoms with Gasteiger partial charge in [-0.3, -0.25) is 0 Å². The summed E-state index contributed by atoms with van der Waals surface area (Å²) in [5.74, 6) is 1.91. The van der Waals surface area contributed by atoms with Crippen molar-refractivity contribution in [2.45, 2.75) is 33.6 Å². The normalized spacial score (nSPS) is 19.5. The smallest absolute Gasteiger partial charge is 0.141 e. The lowest BCUT2D eigenvalue weighted by Gasteiger charge is -2.32. The minimum Gasteiger partial charge on any atom is -1.00 e. The van der Waals surface area contributed by atoms with Gasteiger partial charge < -0.3 is 17.3 Å². The summed E-state index contributed by atoms with van der Waals surface area (Å²) < 4.78 is 0. The average Bonchev–Trinajstić information content (AvgIpc) is 2.65. The van der Waals surface area contributed by atoms with Gasteiger partial charge in [-0.25, -0.2) is 9.97 Å². The zero-order chi connectivity index (χ0) is 12.7. The second-order valence-corrected chi connectivity index (χ2v) is 6.56. The highest BCUT2D eigenvalue weighted by Gasteiger charge is 2.21. The third kappa shape index (κ3) is 2.56. The number of nitrogens with zero attached hydrogens (tertiary/aromatic N) is 3. The lowest BCUT2D eigenvalue weighted by molar-refractivity contribution is -0.00000390. The maximum absolute atomic E-state index is 4.56. The van der Waals surface area contributed by atoms with Crippen molar-refractivity contribution in [3.8, 4) is 0 Å². The molecule has 1 atom stereocenters. The van der Waals surface area contributed by atoms with Crippen LogP contribution in [0.4, 0.5) is 5.82 Å². The molecule has 0 amide bonds. The van der Waals surface area contributed by atoms with E-state index in [2.05, 4.69) is 35.6 Å². The van der Waals surface area contributed by atoms with Crippen molar-refractivity contribution in [1.82, 2.24) is 9.97 Å². The van der Waals surface area contributed by atoms with Gasteiger partial charge in [0.15, 0.2) is 0 Å². The van der Waals surface area contributed by atoms with Crippen molar-refractivity contribution in [1.29, 1.82) is 0 Å². The molecule has 1 fully saturated rings. The summed E-state index contributed by atoms with van der Waals surface area (Å²) in [4.78, 5) is 13.9. The molecule has 0 aliphatic carbocycles. The minimum absolute atomic E-state index is 0. The van der Waals surface area contributed by atoms with Gasteiger partial charge in [0, 0.05) is 18.0 Å². The Morgan fingerprint density at radius 2 is 2.11 bits per heavy atom. The average molecular weight is 297 g/mol. The molecule has 3 rings (SSSR count). The number of aryl methyl sites for hydroxylation is 2. The van der Waals surface area contributed by atoms with E-state index in [1.807, 2.05) is 0 Å². The van der Waals surface area contributed by atoms with Crippen LogP contribution in [0.1, 0.15) is 30.2 Å². The number of hydrogen-bond acceptors (Lipinski definition) is 4.